The first-order chi connectivity index (χ1) is 6.36. The van der Waals surface area contributed by atoms with Crippen LogP contribution in [0, 0.1) is 0 Å². The second-order valence-corrected chi connectivity index (χ2v) is 2.10. The summed E-state index contributed by atoms with van der Waals surface area (Å²) in [4.78, 5) is 20.5. The van der Waals surface area contributed by atoms with Crippen LogP contribution in [-0.2, 0) is 4.79 Å². The number of aliphatic hydroxyl groups is 1. The Balaban J connectivity index is 0. The number of carboxylic acid groups (broad SMARTS) is 1. The fraction of sp³-hybridized carbons (Fsp3) is 0.250. The zero-order valence-electron chi connectivity index (χ0n) is 7.88. The molecule has 0 radical (unpaired) electrons. The highest BCUT2D eigenvalue weighted by Crippen LogP contribution is 1.92. The van der Waals surface area contributed by atoms with Crippen LogP contribution in [0.15, 0.2) is 25.4 Å². The second kappa shape index (κ2) is 7.81. The molecule has 2 amide bonds. The Morgan fingerprint density at radius 3 is 1.86 bits per heavy atom. The highest BCUT2D eigenvalue weighted by atomic mass is 16.4. The molecule has 0 aliphatic rings. The molecule has 0 saturated carbocycles. The van der Waals surface area contributed by atoms with Gasteiger partial charge in [-0.1, -0.05) is 13.2 Å². The topological polar surface area (TPSA) is 104 Å². The summed E-state index contributed by atoms with van der Waals surface area (Å²) in [5.74, 6) is -0.981. The lowest BCUT2D eigenvalue weighted by Gasteiger charge is -2.17. The van der Waals surface area contributed by atoms with Gasteiger partial charge in [-0.2, -0.15) is 0 Å². The van der Waals surface area contributed by atoms with Crippen molar-refractivity contribution in [1.29, 1.82) is 0 Å². The highest BCUT2D eigenvalue weighted by Gasteiger charge is 2.09. The van der Waals surface area contributed by atoms with Crippen LogP contribution in [0.2, 0.25) is 0 Å². The largest absolute Gasteiger partial charge is 0.478 e. The zero-order valence-corrected chi connectivity index (χ0v) is 7.88. The number of aliphatic hydroxyl groups excluding tert-OH is 1. The lowest BCUT2D eigenvalue weighted by atomic mass is 10.5. The van der Waals surface area contributed by atoms with E-state index in [-0.39, 0.29) is 0 Å². The van der Waals surface area contributed by atoms with Crippen LogP contribution < -0.4 is 5.73 Å². The van der Waals surface area contributed by atoms with Gasteiger partial charge in [-0.3, -0.25) is 4.90 Å². The summed E-state index contributed by atoms with van der Waals surface area (Å²) in [7, 11) is 0. The van der Waals surface area contributed by atoms with E-state index in [1.807, 2.05) is 0 Å². The number of hydrogen-bond acceptors (Lipinski definition) is 3. The Morgan fingerprint density at radius 2 is 1.86 bits per heavy atom. The standard InChI is InChI=1S/C5H10N2O2.C3H4O2/c1-3-7(4(2)8)5(6)9;1-2-3(4)5/h3-4,8H,1H2,2H3,(H2,6,9);2H,1H2,(H,4,5). The van der Waals surface area contributed by atoms with Gasteiger partial charge in [-0.05, 0) is 6.92 Å². The smallest absolute Gasteiger partial charge is 0.327 e. The van der Waals surface area contributed by atoms with Crippen LogP contribution in [0.3, 0.4) is 0 Å². The van der Waals surface area contributed by atoms with Crippen LogP contribution in [0.25, 0.3) is 0 Å². The molecule has 0 aromatic rings. The number of hydrogen-bond donors (Lipinski definition) is 3. The Bertz CT molecular complexity index is 225. The minimum Gasteiger partial charge on any atom is -0.478 e. The zero-order chi connectivity index (χ0) is 11.7. The minimum absolute atomic E-state index is 0.708. The monoisotopic (exact) mass is 202 g/mol. The SMILES string of the molecule is C=CC(=O)O.C=CN(C(N)=O)C(C)O. The first kappa shape index (κ1) is 14.7. The molecule has 0 aliphatic carbocycles. The van der Waals surface area contributed by atoms with Crippen LogP contribution >= 0.6 is 0 Å². The third-order valence-corrected chi connectivity index (χ3v) is 1.03. The van der Waals surface area contributed by atoms with Gasteiger partial charge in [0.05, 0.1) is 0 Å². The Kier molecular flexibility index (Phi) is 8.20. The first-order valence-corrected chi connectivity index (χ1v) is 3.60. The molecule has 6 heteroatoms. The summed E-state index contributed by atoms with van der Waals surface area (Å²) in [6, 6.07) is -0.708. The van der Waals surface area contributed by atoms with Gasteiger partial charge in [0.2, 0.25) is 0 Å². The predicted octanol–water partition coefficient (Wildman–Crippen LogP) is 0.106. The summed E-state index contributed by atoms with van der Waals surface area (Å²) in [6.07, 6.45) is 1.10. The normalized spacial score (nSPS) is 10.1. The first-order valence-electron chi connectivity index (χ1n) is 3.60. The van der Waals surface area contributed by atoms with Crippen molar-refractivity contribution in [1.82, 2.24) is 4.90 Å². The van der Waals surface area contributed by atoms with E-state index in [4.69, 9.17) is 15.9 Å². The summed E-state index contributed by atoms with van der Waals surface area (Å²) < 4.78 is 0. The van der Waals surface area contributed by atoms with Crippen molar-refractivity contribution in [3.8, 4) is 0 Å². The molecule has 0 heterocycles. The predicted molar refractivity (Wildman–Crippen MR) is 51.1 cm³/mol. The lowest BCUT2D eigenvalue weighted by molar-refractivity contribution is -0.131. The molecule has 1 atom stereocenters. The van der Waals surface area contributed by atoms with Gasteiger partial charge in [0.1, 0.15) is 6.23 Å². The molecule has 80 valence electrons. The molecule has 4 N–H and O–H groups in total. The Morgan fingerprint density at radius 1 is 1.50 bits per heavy atom. The highest BCUT2D eigenvalue weighted by molar-refractivity contribution is 5.78. The maximum atomic E-state index is 10.3. The number of urea groups is 1. The summed E-state index contributed by atoms with van der Waals surface area (Å²) in [5, 5.41) is 16.3. The van der Waals surface area contributed by atoms with Crippen LogP contribution in [0.5, 0.6) is 0 Å². The van der Waals surface area contributed by atoms with Crippen LogP contribution in [0.1, 0.15) is 6.92 Å². The van der Waals surface area contributed by atoms with Gasteiger partial charge >= 0.3 is 12.0 Å². The molecule has 6 nitrogen and oxygen atoms in total. The van der Waals surface area contributed by atoms with Crippen molar-refractivity contribution in [2.45, 2.75) is 13.2 Å². The molecule has 0 bridgehead atoms. The molecule has 0 spiro atoms. The molecule has 0 aromatic carbocycles. The molecule has 0 rings (SSSR count). The van der Waals surface area contributed by atoms with E-state index in [1.54, 1.807) is 0 Å². The van der Waals surface area contributed by atoms with Gasteiger partial charge in [-0.25, -0.2) is 9.59 Å². The number of nitrogens with two attached hydrogens (primary N) is 1. The third-order valence-electron chi connectivity index (χ3n) is 1.03. The van der Waals surface area contributed by atoms with E-state index in [2.05, 4.69) is 13.2 Å². The molecule has 0 aliphatic heterocycles. The van der Waals surface area contributed by atoms with Gasteiger partial charge in [0.25, 0.3) is 0 Å². The van der Waals surface area contributed by atoms with Crippen molar-refractivity contribution in [2.75, 3.05) is 0 Å². The quantitative estimate of drug-likeness (QED) is 0.446. The minimum atomic E-state index is -0.981. The number of carboxylic acids is 1. The second-order valence-electron chi connectivity index (χ2n) is 2.10. The number of carbonyl (C=O) groups is 2. The van der Waals surface area contributed by atoms with Gasteiger partial charge < -0.3 is 15.9 Å². The lowest BCUT2D eigenvalue weighted by Crippen LogP contribution is -2.37. The molecular weight excluding hydrogens is 188 g/mol. The van der Waals surface area contributed by atoms with Gasteiger partial charge in [0.15, 0.2) is 0 Å². The molecule has 0 aromatic heterocycles. The van der Waals surface area contributed by atoms with E-state index in [1.165, 1.54) is 13.1 Å². The molecule has 0 saturated heterocycles. The Hall–Kier alpha value is -1.82. The van der Waals surface area contributed by atoms with E-state index in [0.29, 0.717) is 0 Å². The number of nitrogens with zero attached hydrogens (tertiary/aromatic N) is 1. The fourth-order valence-corrected chi connectivity index (χ4v) is 0.427. The summed E-state index contributed by atoms with van der Waals surface area (Å²) in [5.41, 5.74) is 4.80. The molecule has 0 fully saturated rings. The van der Waals surface area contributed by atoms with Crippen molar-refractivity contribution in [3.63, 3.8) is 0 Å². The average molecular weight is 202 g/mol. The van der Waals surface area contributed by atoms with Crippen molar-refractivity contribution in [2.24, 2.45) is 5.73 Å². The average Bonchev–Trinajstić information content (AvgIpc) is 2.05. The van der Waals surface area contributed by atoms with Gasteiger partial charge in [0, 0.05) is 12.3 Å². The summed E-state index contributed by atoms with van der Waals surface area (Å²) >= 11 is 0. The number of aliphatic carboxylic acids is 1. The maximum absolute atomic E-state index is 10.3. The van der Waals surface area contributed by atoms with Gasteiger partial charge in [-0.15, -0.1) is 0 Å². The third kappa shape index (κ3) is 8.28. The van der Waals surface area contributed by atoms with E-state index in [0.717, 1.165) is 11.0 Å². The number of rotatable bonds is 3. The van der Waals surface area contributed by atoms with Crippen molar-refractivity contribution in [3.05, 3.63) is 25.4 Å². The van der Waals surface area contributed by atoms with E-state index in [9.17, 15) is 9.59 Å². The maximum Gasteiger partial charge on any atom is 0.327 e. The number of carbonyl (C=O) groups excluding carboxylic acids is 1. The van der Waals surface area contributed by atoms with Crippen LogP contribution in [0.4, 0.5) is 4.79 Å². The summed E-state index contributed by atoms with van der Waals surface area (Å²) in [6.45, 7) is 7.65. The van der Waals surface area contributed by atoms with Crippen molar-refractivity contribution >= 4 is 12.0 Å². The number of primary amides is 1. The molecule has 1 unspecified atom stereocenters. The molecular formula is C8H14N2O4. The van der Waals surface area contributed by atoms with Crippen molar-refractivity contribution < 1.29 is 19.8 Å². The number of amides is 2. The molecule has 14 heavy (non-hydrogen) atoms. The van der Waals surface area contributed by atoms with E-state index >= 15 is 0 Å². The van der Waals surface area contributed by atoms with E-state index < -0.39 is 18.2 Å². The Labute approximate surface area is 81.9 Å². The van der Waals surface area contributed by atoms with Crippen LogP contribution in [-0.4, -0.2) is 33.3 Å². The fourth-order valence-electron chi connectivity index (χ4n) is 0.427.